The van der Waals surface area contributed by atoms with Crippen molar-refractivity contribution in [3.8, 4) is 0 Å². The molecule has 1 aromatic carbocycles. The third-order valence-electron chi connectivity index (χ3n) is 3.29. The molecular formula is C12H21N3O2S. The van der Waals surface area contributed by atoms with Crippen molar-refractivity contribution < 1.29 is 8.42 Å². The van der Waals surface area contributed by atoms with Crippen molar-refractivity contribution >= 4 is 21.4 Å². The number of anilines is 2. The number of benzene rings is 1. The number of sulfonamides is 1. The Morgan fingerprint density at radius 3 is 2.39 bits per heavy atom. The molecule has 5 nitrogen and oxygen atoms in total. The first-order valence-corrected chi connectivity index (χ1v) is 7.38. The zero-order chi connectivity index (χ0) is 14.1. The Labute approximate surface area is 109 Å². The van der Waals surface area contributed by atoms with E-state index in [2.05, 4.69) is 13.8 Å². The second-order valence-corrected chi connectivity index (χ2v) is 6.11. The standard InChI is InChI=1S/C12H21N3O2S/c1-5-8(2)15(4)11-6-10(13)7-12(9(11)3)18(14,16)17/h6-8H,5,13H2,1-4H3,(H2,14,16,17). The van der Waals surface area contributed by atoms with E-state index in [-0.39, 0.29) is 4.90 Å². The van der Waals surface area contributed by atoms with Gasteiger partial charge in [0.05, 0.1) is 4.90 Å². The molecule has 0 heterocycles. The molecule has 0 amide bonds. The molecule has 6 heteroatoms. The second-order valence-electron chi connectivity index (χ2n) is 4.58. The smallest absolute Gasteiger partial charge is 0.238 e. The van der Waals surface area contributed by atoms with E-state index in [1.54, 1.807) is 13.0 Å². The summed E-state index contributed by atoms with van der Waals surface area (Å²) in [5.74, 6) is 0. The van der Waals surface area contributed by atoms with Crippen LogP contribution in [0.1, 0.15) is 25.8 Å². The molecule has 0 bridgehead atoms. The number of hydrogen-bond donors (Lipinski definition) is 2. The van der Waals surface area contributed by atoms with Gasteiger partial charge in [0.25, 0.3) is 0 Å². The number of nitrogens with zero attached hydrogens (tertiary/aromatic N) is 1. The molecule has 1 atom stereocenters. The zero-order valence-electron chi connectivity index (χ0n) is 11.3. The molecule has 1 rings (SSSR count). The Kier molecular flexibility index (Phi) is 4.24. The maximum absolute atomic E-state index is 11.5. The average molecular weight is 271 g/mol. The van der Waals surface area contributed by atoms with E-state index in [0.717, 1.165) is 12.1 Å². The van der Waals surface area contributed by atoms with Crippen molar-refractivity contribution in [3.05, 3.63) is 17.7 Å². The third kappa shape index (κ3) is 2.94. The monoisotopic (exact) mass is 271 g/mol. The van der Waals surface area contributed by atoms with Crippen LogP contribution in [0.5, 0.6) is 0 Å². The Morgan fingerprint density at radius 1 is 1.39 bits per heavy atom. The highest BCUT2D eigenvalue weighted by Gasteiger charge is 2.19. The summed E-state index contributed by atoms with van der Waals surface area (Å²) in [5.41, 5.74) is 7.59. The van der Waals surface area contributed by atoms with Crippen LogP contribution >= 0.6 is 0 Å². The number of nitrogens with two attached hydrogens (primary N) is 2. The van der Waals surface area contributed by atoms with Gasteiger partial charge in [0.15, 0.2) is 0 Å². The highest BCUT2D eigenvalue weighted by atomic mass is 32.2. The minimum Gasteiger partial charge on any atom is -0.399 e. The van der Waals surface area contributed by atoms with Crippen molar-refractivity contribution in [1.29, 1.82) is 0 Å². The van der Waals surface area contributed by atoms with Gasteiger partial charge in [-0.3, -0.25) is 0 Å². The van der Waals surface area contributed by atoms with Crippen LogP contribution in [0.15, 0.2) is 17.0 Å². The van der Waals surface area contributed by atoms with E-state index < -0.39 is 10.0 Å². The fraction of sp³-hybridized carbons (Fsp3) is 0.500. The quantitative estimate of drug-likeness (QED) is 0.811. The Hall–Kier alpha value is -1.27. The van der Waals surface area contributed by atoms with Gasteiger partial charge in [-0.15, -0.1) is 0 Å². The highest BCUT2D eigenvalue weighted by Crippen LogP contribution is 2.29. The summed E-state index contributed by atoms with van der Waals surface area (Å²) < 4.78 is 23.0. The van der Waals surface area contributed by atoms with Gasteiger partial charge in [0.1, 0.15) is 0 Å². The van der Waals surface area contributed by atoms with Gasteiger partial charge in [-0.05, 0) is 38.0 Å². The molecule has 0 aromatic heterocycles. The molecule has 1 aromatic rings. The van der Waals surface area contributed by atoms with Crippen molar-refractivity contribution in [1.82, 2.24) is 0 Å². The van der Waals surface area contributed by atoms with Crippen molar-refractivity contribution in [2.45, 2.75) is 38.1 Å². The van der Waals surface area contributed by atoms with Gasteiger partial charge in [0, 0.05) is 24.5 Å². The maximum Gasteiger partial charge on any atom is 0.238 e. The molecule has 1 unspecified atom stereocenters. The van der Waals surface area contributed by atoms with Gasteiger partial charge in [-0.25, -0.2) is 13.6 Å². The highest BCUT2D eigenvalue weighted by molar-refractivity contribution is 7.89. The van der Waals surface area contributed by atoms with E-state index in [1.807, 2.05) is 11.9 Å². The van der Waals surface area contributed by atoms with E-state index >= 15 is 0 Å². The van der Waals surface area contributed by atoms with E-state index in [9.17, 15) is 8.42 Å². The first kappa shape index (κ1) is 14.8. The van der Waals surface area contributed by atoms with Crippen molar-refractivity contribution in [2.24, 2.45) is 5.14 Å². The maximum atomic E-state index is 11.5. The molecule has 4 N–H and O–H groups in total. The van der Waals surface area contributed by atoms with Crippen molar-refractivity contribution in [2.75, 3.05) is 17.7 Å². The van der Waals surface area contributed by atoms with E-state index in [1.165, 1.54) is 6.07 Å². The lowest BCUT2D eigenvalue weighted by Crippen LogP contribution is -2.29. The summed E-state index contributed by atoms with van der Waals surface area (Å²) >= 11 is 0. The molecule has 0 aliphatic heterocycles. The van der Waals surface area contributed by atoms with Crippen LogP contribution in [0.25, 0.3) is 0 Å². The summed E-state index contributed by atoms with van der Waals surface area (Å²) in [6.45, 7) is 5.88. The van der Waals surface area contributed by atoms with Crippen LogP contribution in [0.3, 0.4) is 0 Å². The SMILES string of the molecule is CCC(C)N(C)c1cc(N)cc(S(N)(=O)=O)c1C. The fourth-order valence-corrected chi connectivity index (χ4v) is 2.70. The molecule has 0 saturated heterocycles. The number of rotatable bonds is 4. The van der Waals surface area contributed by atoms with E-state index in [0.29, 0.717) is 17.3 Å². The molecule has 0 radical (unpaired) electrons. The van der Waals surface area contributed by atoms with Crippen LogP contribution in [0, 0.1) is 6.92 Å². The first-order valence-electron chi connectivity index (χ1n) is 5.84. The molecule has 0 fully saturated rings. The van der Waals surface area contributed by atoms with Gasteiger partial charge in [-0.1, -0.05) is 6.92 Å². The zero-order valence-corrected chi connectivity index (χ0v) is 12.1. The molecule has 0 aliphatic rings. The van der Waals surface area contributed by atoms with Gasteiger partial charge >= 0.3 is 0 Å². The van der Waals surface area contributed by atoms with Crippen LogP contribution < -0.4 is 15.8 Å². The predicted molar refractivity (Wildman–Crippen MR) is 75.1 cm³/mol. The van der Waals surface area contributed by atoms with Crippen LogP contribution in [-0.2, 0) is 10.0 Å². The molecule has 18 heavy (non-hydrogen) atoms. The summed E-state index contributed by atoms with van der Waals surface area (Å²) in [4.78, 5) is 2.10. The topological polar surface area (TPSA) is 89.4 Å². The molecular weight excluding hydrogens is 250 g/mol. The molecule has 0 spiro atoms. The van der Waals surface area contributed by atoms with Crippen LogP contribution in [0.2, 0.25) is 0 Å². The normalized spacial score (nSPS) is 13.4. The lowest BCUT2D eigenvalue weighted by atomic mass is 10.1. The summed E-state index contributed by atoms with van der Waals surface area (Å²) in [7, 11) is -1.83. The van der Waals surface area contributed by atoms with Crippen molar-refractivity contribution in [3.63, 3.8) is 0 Å². The van der Waals surface area contributed by atoms with Crippen LogP contribution in [0.4, 0.5) is 11.4 Å². The summed E-state index contributed by atoms with van der Waals surface area (Å²) in [6, 6.07) is 3.47. The Bertz CT molecular complexity index is 540. The summed E-state index contributed by atoms with van der Waals surface area (Å²) in [6.07, 6.45) is 0.954. The third-order valence-corrected chi connectivity index (χ3v) is 4.33. The number of primary sulfonamides is 1. The van der Waals surface area contributed by atoms with Gasteiger partial charge < -0.3 is 10.6 Å². The minimum absolute atomic E-state index is 0.0904. The number of nitrogen functional groups attached to an aromatic ring is 1. The van der Waals surface area contributed by atoms with Gasteiger partial charge in [0.2, 0.25) is 10.0 Å². The minimum atomic E-state index is -3.75. The van der Waals surface area contributed by atoms with Gasteiger partial charge in [-0.2, -0.15) is 0 Å². The summed E-state index contributed by atoms with van der Waals surface area (Å²) in [5, 5.41) is 5.20. The lowest BCUT2D eigenvalue weighted by molar-refractivity contribution is 0.597. The molecule has 0 aliphatic carbocycles. The number of hydrogen-bond acceptors (Lipinski definition) is 4. The molecule has 0 saturated carbocycles. The van der Waals surface area contributed by atoms with Crippen LogP contribution in [-0.4, -0.2) is 21.5 Å². The lowest BCUT2D eigenvalue weighted by Gasteiger charge is -2.28. The molecule has 102 valence electrons. The first-order chi connectivity index (χ1) is 8.18. The fourth-order valence-electron chi connectivity index (χ4n) is 1.87. The predicted octanol–water partition coefficient (Wildman–Crippen LogP) is 1.46. The van der Waals surface area contributed by atoms with E-state index in [4.69, 9.17) is 10.9 Å². The Balaban J connectivity index is 3.43. The largest absolute Gasteiger partial charge is 0.399 e. The Morgan fingerprint density at radius 2 is 1.94 bits per heavy atom. The average Bonchev–Trinajstić information content (AvgIpc) is 2.28. The second kappa shape index (κ2) is 5.16.